The predicted molar refractivity (Wildman–Crippen MR) is 131 cm³/mol. The average molecular weight is 517 g/mol. The highest BCUT2D eigenvalue weighted by Crippen LogP contribution is 2.43. The Morgan fingerprint density at radius 1 is 1.05 bits per heavy atom. The van der Waals surface area contributed by atoms with Crippen molar-refractivity contribution in [2.24, 2.45) is 5.73 Å². The minimum Gasteiger partial charge on any atom is -0.493 e. The van der Waals surface area contributed by atoms with Crippen molar-refractivity contribution >= 4 is 5.91 Å². The van der Waals surface area contributed by atoms with Crippen molar-refractivity contribution in [3.63, 3.8) is 0 Å². The van der Waals surface area contributed by atoms with Crippen molar-refractivity contribution in [2.75, 3.05) is 20.8 Å². The molecule has 0 spiro atoms. The minimum absolute atomic E-state index is 0.0676. The van der Waals surface area contributed by atoms with Crippen molar-refractivity contribution in [1.29, 1.82) is 0 Å². The van der Waals surface area contributed by atoms with E-state index in [0.717, 1.165) is 29.3 Å². The van der Waals surface area contributed by atoms with Crippen LogP contribution in [0, 0.1) is 5.82 Å². The van der Waals surface area contributed by atoms with E-state index in [2.05, 4.69) is 0 Å². The molecule has 2 atom stereocenters. The summed E-state index contributed by atoms with van der Waals surface area (Å²) in [6.45, 7) is 0.435. The van der Waals surface area contributed by atoms with Gasteiger partial charge in [-0.3, -0.25) is 9.69 Å². The van der Waals surface area contributed by atoms with E-state index in [1.807, 2.05) is 17.0 Å². The summed E-state index contributed by atoms with van der Waals surface area (Å²) in [4.78, 5) is 14.6. The molecular weight excluding hydrogens is 488 g/mol. The fraction of sp³-hybridized carbons (Fsp3) is 0.321. The molecule has 37 heavy (non-hydrogen) atoms. The molecule has 2 N–H and O–H groups in total. The number of hydrogen-bond donors (Lipinski definition) is 1. The van der Waals surface area contributed by atoms with E-state index in [1.54, 1.807) is 30.3 Å². The molecular formula is C28H28F4N2O3. The lowest BCUT2D eigenvalue weighted by Crippen LogP contribution is -2.44. The summed E-state index contributed by atoms with van der Waals surface area (Å²) in [6.07, 6.45) is -3.94. The van der Waals surface area contributed by atoms with Gasteiger partial charge in [0.15, 0.2) is 11.5 Å². The summed E-state index contributed by atoms with van der Waals surface area (Å²) >= 11 is 0. The molecule has 0 saturated carbocycles. The van der Waals surface area contributed by atoms with Gasteiger partial charge < -0.3 is 15.2 Å². The Morgan fingerprint density at radius 2 is 1.73 bits per heavy atom. The number of aryl methyl sites for hydroxylation is 1. The van der Waals surface area contributed by atoms with Crippen LogP contribution in [-0.4, -0.2) is 31.6 Å². The minimum atomic E-state index is -4.62. The molecule has 1 heterocycles. The first kappa shape index (κ1) is 26.5. The molecule has 1 amide bonds. The summed E-state index contributed by atoms with van der Waals surface area (Å²) in [5.41, 5.74) is 7.27. The number of amides is 1. The largest absolute Gasteiger partial charge is 0.493 e. The van der Waals surface area contributed by atoms with Crippen LogP contribution >= 0.6 is 0 Å². The topological polar surface area (TPSA) is 64.8 Å². The smallest absolute Gasteiger partial charge is 0.416 e. The van der Waals surface area contributed by atoms with Gasteiger partial charge in [-0.2, -0.15) is 13.2 Å². The summed E-state index contributed by atoms with van der Waals surface area (Å²) < 4.78 is 65.9. The third-order valence-corrected chi connectivity index (χ3v) is 6.82. The van der Waals surface area contributed by atoms with Crippen LogP contribution in [0.3, 0.4) is 0 Å². The van der Waals surface area contributed by atoms with Gasteiger partial charge in [-0.05, 0) is 71.8 Å². The predicted octanol–water partition coefficient (Wildman–Crippen LogP) is 5.62. The number of carbonyl (C=O) groups excluding carboxylic acids is 1. The van der Waals surface area contributed by atoms with Gasteiger partial charge in [0.2, 0.25) is 5.91 Å². The summed E-state index contributed by atoms with van der Waals surface area (Å²) in [7, 11) is 3.02. The van der Waals surface area contributed by atoms with Crippen LogP contribution in [0.25, 0.3) is 0 Å². The SMILES string of the molecule is COc1cc2c(cc1OC)C(CCc1cc(F)ccc1C(F)(F)F)N(C(C(N)=O)c1ccccc1)CC2. The van der Waals surface area contributed by atoms with Crippen LogP contribution in [0.5, 0.6) is 11.5 Å². The van der Waals surface area contributed by atoms with Crippen molar-refractivity contribution in [2.45, 2.75) is 37.5 Å². The van der Waals surface area contributed by atoms with Gasteiger partial charge in [-0.1, -0.05) is 30.3 Å². The fourth-order valence-electron chi connectivity index (χ4n) is 5.17. The van der Waals surface area contributed by atoms with E-state index in [4.69, 9.17) is 15.2 Å². The molecule has 3 aromatic rings. The number of carbonyl (C=O) groups is 1. The highest BCUT2D eigenvalue weighted by atomic mass is 19.4. The van der Waals surface area contributed by atoms with Crippen LogP contribution < -0.4 is 15.2 Å². The Hall–Kier alpha value is -3.59. The summed E-state index contributed by atoms with van der Waals surface area (Å²) in [6, 6.07) is 13.9. The maximum Gasteiger partial charge on any atom is 0.416 e. The van der Waals surface area contributed by atoms with E-state index < -0.39 is 35.5 Å². The number of benzene rings is 3. The first-order valence-corrected chi connectivity index (χ1v) is 11.8. The van der Waals surface area contributed by atoms with Gasteiger partial charge in [0.1, 0.15) is 11.9 Å². The Balaban J connectivity index is 1.80. The molecule has 2 unspecified atom stereocenters. The third-order valence-electron chi connectivity index (χ3n) is 6.82. The average Bonchev–Trinajstić information content (AvgIpc) is 2.86. The first-order chi connectivity index (χ1) is 17.6. The lowest BCUT2D eigenvalue weighted by atomic mass is 9.85. The number of fused-ring (bicyclic) bond motifs is 1. The quantitative estimate of drug-likeness (QED) is 0.395. The first-order valence-electron chi connectivity index (χ1n) is 11.8. The van der Waals surface area contributed by atoms with Crippen LogP contribution in [0.2, 0.25) is 0 Å². The molecule has 3 aromatic carbocycles. The van der Waals surface area contributed by atoms with Crippen LogP contribution in [0.4, 0.5) is 17.6 Å². The Kier molecular flexibility index (Phi) is 7.73. The molecule has 4 rings (SSSR count). The fourth-order valence-corrected chi connectivity index (χ4v) is 5.17. The summed E-state index contributed by atoms with van der Waals surface area (Å²) in [5.74, 6) is -0.311. The van der Waals surface area contributed by atoms with Gasteiger partial charge in [-0.15, -0.1) is 0 Å². The number of halogens is 4. The highest BCUT2D eigenvalue weighted by molar-refractivity contribution is 5.81. The molecule has 0 saturated heterocycles. The van der Waals surface area contributed by atoms with E-state index in [1.165, 1.54) is 14.2 Å². The Labute approximate surface area is 212 Å². The van der Waals surface area contributed by atoms with E-state index >= 15 is 0 Å². The third kappa shape index (κ3) is 5.56. The number of methoxy groups -OCH3 is 2. The lowest BCUT2D eigenvalue weighted by Gasteiger charge is -2.42. The van der Waals surface area contributed by atoms with Gasteiger partial charge in [0.25, 0.3) is 0 Å². The van der Waals surface area contributed by atoms with Crippen molar-refractivity contribution < 1.29 is 31.8 Å². The van der Waals surface area contributed by atoms with E-state index in [0.29, 0.717) is 30.0 Å². The second kappa shape index (κ2) is 10.8. The normalized spacial score (nSPS) is 16.6. The zero-order chi connectivity index (χ0) is 26.7. The number of hydrogen-bond acceptors (Lipinski definition) is 4. The molecule has 0 bridgehead atoms. The number of rotatable bonds is 8. The summed E-state index contributed by atoms with van der Waals surface area (Å²) in [5, 5.41) is 0. The van der Waals surface area contributed by atoms with Crippen molar-refractivity contribution in [3.8, 4) is 11.5 Å². The van der Waals surface area contributed by atoms with Gasteiger partial charge in [0.05, 0.1) is 19.8 Å². The number of alkyl halides is 3. The van der Waals surface area contributed by atoms with Gasteiger partial charge in [-0.25, -0.2) is 4.39 Å². The van der Waals surface area contributed by atoms with Crippen molar-refractivity contribution in [3.05, 3.63) is 94.3 Å². The highest BCUT2D eigenvalue weighted by Gasteiger charge is 2.38. The molecule has 0 aromatic heterocycles. The van der Waals surface area contributed by atoms with Crippen LogP contribution in [0.1, 0.15) is 46.3 Å². The molecule has 0 aliphatic carbocycles. The standard InChI is InChI=1S/C28H28F4N2O3/c1-36-24-15-18-12-13-34(26(27(33)35)17-6-4-3-5-7-17)23(21(18)16-25(24)37-2)11-8-19-14-20(29)9-10-22(19)28(30,31)32/h3-7,9-10,14-16,23,26H,8,11-13H2,1-2H3,(H2,33,35). The number of nitrogens with zero attached hydrogens (tertiary/aromatic N) is 1. The molecule has 5 nitrogen and oxygen atoms in total. The Morgan fingerprint density at radius 3 is 2.35 bits per heavy atom. The maximum absolute atomic E-state index is 14.0. The second-order valence-electron chi connectivity index (χ2n) is 8.96. The number of primary amides is 1. The van der Waals surface area contributed by atoms with E-state index in [-0.39, 0.29) is 18.4 Å². The zero-order valence-electron chi connectivity index (χ0n) is 20.5. The van der Waals surface area contributed by atoms with Gasteiger partial charge in [0, 0.05) is 12.6 Å². The van der Waals surface area contributed by atoms with E-state index in [9.17, 15) is 22.4 Å². The molecule has 1 aliphatic heterocycles. The monoisotopic (exact) mass is 516 g/mol. The lowest BCUT2D eigenvalue weighted by molar-refractivity contribution is -0.138. The maximum atomic E-state index is 14.0. The van der Waals surface area contributed by atoms with Gasteiger partial charge >= 0.3 is 6.18 Å². The van der Waals surface area contributed by atoms with Crippen LogP contribution in [0.15, 0.2) is 60.7 Å². The van der Waals surface area contributed by atoms with Crippen molar-refractivity contribution in [1.82, 2.24) is 4.90 Å². The number of ether oxygens (including phenoxy) is 2. The molecule has 0 fully saturated rings. The van der Waals surface area contributed by atoms with Crippen LogP contribution in [-0.2, 0) is 23.8 Å². The Bertz CT molecular complexity index is 1260. The molecule has 0 radical (unpaired) electrons. The number of nitrogens with two attached hydrogens (primary N) is 1. The second-order valence-corrected chi connectivity index (χ2v) is 8.96. The molecule has 9 heteroatoms. The molecule has 1 aliphatic rings. The molecule has 196 valence electrons. The zero-order valence-corrected chi connectivity index (χ0v) is 20.5.